The summed E-state index contributed by atoms with van der Waals surface area (Å²) in [5.74, 6) is -0.370. The molecule has 1 N–H and O–H groups in total. The van der Waals surface area contributed by atoms with Gasteiger partial charge in [0, 0.05) is 0 Å². The third-order valence-electron chi connectivity index (χ3n) is 2.96. The van der Waals surface area contributed by atoms with Gasteiger partial charge in [0.25, 0.3) is 0 Å². The summed E-state index contributed by atoms with van der Waals surface area (Å²) in [7, 11) is 1.60. The highest BCUT2D eigenvalue weighted by atomic mass is 79.9. The summed E-state index contributed by atoms with van der Waals surface area (Å²) in [5.41, 5.74) is 3.29. The third-order valence-corrected chi connectivity index (χ3v) is 3.58. The summed E-state index contributed by atoms with van der Waals surface area (Å²) in [4.78, 5) is 11.7. The van der Waals surface area contributed by atoms with Gasteiger partial charge in [-0.2, -0.15) is 5.10 Å². The van der Waals surface area contributed by atoms with Crippen LogP contribution in [0.1, 0.15) is 18.9 Å². The summed E-state index contributed by atoms with van der Waals surface area (Å²) in [6.07, 6.45) is 1.66. The van der Waals surface area contributed by atoms with E-state index < -0.39 is 5.79 Å². The highest BCUT2D eigenvalue weighted by Gasteiger charge is 2.33. The quantitative estimate of drug-likeness (QED) is 0.647. The van der Waals surface area contributed by atoms with E-state index in [-0.39, 0.29) is 12.3 Å². The molecular formula is C14H17BrN2O4. The standard InChI is InChI=1S/C14H17BrN2O4/c1-14(20-5-6-21-14)8-13(18)17-16-9-10-3-4-12(19-2)11(15)7-10/h3-4,7,9H,5-6,8H2,1-2H3,(H,17,18)/b16-9-. The molecule has 6 nitrogen and oxygen atoms in total. The summed E-state index contributed by atoms with van der Waals surface area (Å²) in [6.45, 7) is 2.75. The van der Waals surface area contributed by atoms with Crippen molar-refractivity contribution in [2.75, 3.05) is 20.3 Å². The van der Waals surface area contributed by atoms with Crippen molar-refractivity contribution in [2.24, 2.45) is 5.10 Å². The zero-order valence-electron chi connectivity index (χ0n) is 11.9. The number of ether oxygens (including phenoxy) is 3. The van der Waals surface area contributed by atoms with Crippen molar-refractivity contribution in [3.8, 4) is 5.75 Å². The van der Waals surface area contributed by atoms with Crippen LogP contribution in [0.5, 0.6) is 5.75 Å². The number of hydrogen-bond donors (Lipinski definition) is 1. The Morgan fingerprint density at radius 1 is 1.52 bits per heavy atom. The average Bonchev–Trinajstić information content (AvgIpc) is 2.85. The number of benzene rings is 1. The number of hydrazone groups is 1. The Hall–Kier alpha value is -1.44. The monoisotopic (exact) mass is 356 g/mol. The largest absolute Gasteiger partial charge is 0.496 e. The minimum atomic E-state index is -0.844. The Labute approximate surface area is 131 Å². The normalized spacial score (nSPS) is 17.1. The molecule has 0 unspecified atom stereocenters. The molecule has 0 bridgehead atoms. The Morgan fingerprint density at radius 2 is 2.24 bits per heavy atom. The van der Waals surface area contributed by atoms with Crippen LogP contribution >= 0.6 is 15.9 Å². The first-order valence-electron chi connectivity index (χ1n) is 6.46. The number of amides is 1. The van der Waals surface area contributed by atoms with E-state index in [1.807, 2.05) is 18.2 Å². The second-order valence-electron chi connectivity index (χ2n) is 4.69. The number of carbonyl (C=O) groups is 1. The van der Waals surface area contributed by atoms with Crippen LogP contribution in [0.3, 0.4) is 0 Å². The maximum absolute atomic E-state index is 11.7. The van der Waals surface area contributed by atoms with E-state index in [4.69, 9.17) is 14.2 Å². The SMILES string of the molecule is COc1ccc(/C=N\NC(=O)CC2(C)OCCO2)cc1Br. The highest BCUT2D eigenvalue weighted by molar-refractivity contribution is 9.10. The molecule has 0 radical (unpaired) electrons. The molecule has 0 saturated carbocycles. The number of hydrogen-bond acceptors (Lipinski definition) is 5. The first-order chi connectivity index (χ1) is 10.0. The number of halogens is 1. The lowest BCUT2D eigenvalue weighted by atomic mass is 10.2. The number of nitrogens with zero attached hydrogens (tertiary/aromatic N) is 1. The van der Waals surface area contributed by atoms with Crippen LogP contribution in [-0.2, 0) is 14.3 Å². The van der Waals surface area contributed by atoms with Crippen molar-refractivity contribution in [3.63, 3.8) is 0 Å². The number of carbonyl (C=O) groups excluding carboxylic acids is 1. The third kappa shape index (κ3) is 4.52. The lowest BCUT2D eigenvalue weighted by molar-refractivity contribution is -0.159. The molecule has 1 aliphatic rings. The molecule has 7 heteroatoms. The van der Waals surface area contributed by atoms with Crippen molar-refractivity contribution >= 4 is 28.1 Å². The summed E-state index contributed by atoms with van der Waals surface area (Å²) in [5, 5.41) is 3.91. The first-order valence-corrected chi connectivity index (χ1v) is 7.25. The number of nitrogens with one attached hydrogen (secondary N) is 1. The molecule has 0 spiro atoms. The molecule has 1 saturated heterocycles. The zero-order valence-corrected chi connectivity index (χ0v) is 13.5. The van der Waals surface area contributed by atoms with E-state index in [0.29, 0.717) is 13.2 Å². The fourth-order valence-electron chi connectivity index (χ4n) is 1.93. The van der Waals surface area contributed by atoms with Gasteiger partial charge in [0.05, 0.1) is 37.4 Å². The fraction of sp³-hybridized carbons (Fsp3) is 0.429. The second kappa shape index (κ2) is 7.02. The van der Waals surface area contributed by atoms with E-state index in [1.165, 1.54) is 0 Å². The summed E-state index contributed by atoms with van der Waals surface area (Å²) in [6, 6.07) is 5.50. The van der Waals surface area contributed by atoms with Crippen molar-refractivity contribution in [1.82, 2.24) is 5.43 Å². The molecule has 0 atom stereocenters. The van der Waals surface area contributed by atoms with Crippen LogP contribution in [0.4, 0.5) is 0 Å². The Bertz CT molecular complexity index is 542. The molecule has 1 aromatic rings. The number of rotatable bonds is 5. The topological polar surface area (TPSA) is 69.2 Å². The van der Waals surface area contributed by atoms with Gasteiger partial charge in [-0.25, -0.2) is 5.43 Å². The van der Waals surface area contributed by atoms with Gasteiger partial charge in [0.1, 0.15) is 5.75 Å². The lowest BCUT2D eigenvalue weighted by Crippen LogP contribution is -2.33. The van der Waals surface area contributed by atoms with Crippen LogP contribution in [-0.4, -0.2) is 38.2 Å². The van der Waals surface area contributed by atoms with Crippen LogP contribution in [0.2, 0.25) is 0 Å². The Morgan fingerprint density at radius 3 is 2.86 bits per heavy atom. The fourth-order valence-corrected chi connectivity index (χ4v) is 2.49. The van der Waals surface area contributed by atoms with Crippen LogP contribution in [0, 0.1) is 0 Å². The maximum Gasteiger partial charge on any atom is 0.245 e. The van der Waals surface area contributed by atoms with E-state index in [2.05, 4.69) is 26.5 Å². The van der Waals surface area contributed by atoms with Gasteiger partial charge in [-0.05, 0) is 46.6 Å². The van der Waals surface area contributed by atoms with E-state index >= 15 is 0 Å². The lowest BCUT2D eigenvalue weighted by Gasteiger charge is -2.20. The van der Waals surface area contributed by atoms with Crippen molar-refractivity contribution < 1.29 is 19.0 Å². The van der Waals surface area contributed by atoms with Crippen molar-refractivity contribution in [2.45, 2.75) is 19.1 Å². The first kappa shape index (κ1) is 15.9. The highest BCUT2D eigenvalue weighted by Crippen LogP contribution is 2.25. The van der Waals surface area contributed by atoms with Gasteiger partial charge in [-0.15, -0.1) is 0 Å². The summed E-state index contributed by atoms with van der Waals surface area (Å²) < 4.78 is 16.7. The van der Waals surface area contributed by atoms with E-state index in [9.17, 15) is 4.79 Å². The molecule has 1 aromatic carbocycles. The minimum absolute atomic E-state index is 0.108. The van der Waals surface area contributed by atoms with Crippen molar-refractivity contribution in [3.05, 3.63) is 28.2 Å². The van der Waals surface area contributed by atoms with E-state index in [1.54, 1.807) is 20.2 Å². The molecule has 1 heterocycles. The van der Waals surface area contributed by atoms with E-state index in [0.717, 1.165) is 15.8 Å². The minimum Gasteiger partial charge on any atom is -0.496 e. The molecule has 0 aromatic heterocycles. The predicted octanol–water partition coefficient (Wildman–Crippen LogP) is 2.06. The van der Waals surface area contributed by atoms with Crippen LogP contribution in [0.15, 0.2) is 27.8 Å². The van der Waals surface area contributed by atoms with Gasteiger partial charge in [0.15, 0.2) is 5.79 Å². The van der Waals surface area contributed by atoms with Gasteiger partial charge < -0.3 is 14.2 Å². The summed E-state index contributed by atoms with van der Waals surface area (Å²) >= 11 is 3.39. The van der Waals surface area contributed by atoms with Crippen LogP contribution < -0.4 is 10.2 Å². The zero-order chi connectivity index (χ0) is 15.3. The van der Waals surface area contributed by atoms with Crippen molar-refractivity contribution in [1.29, 1.82) is 0 Å². The van der Waals surface area contributed by atoms with Gasteiger partial charge >= 0.3 is 0 Å². The molecule has 114 valence electrons. The molecular weight excluding hydrogens is 340 g/mol. The average molecular weight is 357 g/mol. The maximum atomic E-state index is 11.7. The molecule has 1 aliphatic heterocycles. The number of methoxy groups -OCH3 is 1. The smallest absolute Gasteiger partial charge is 0.245 e. The molecule has 1 fully saturated rings. The van der Waals surface area contributed by atoms with Crippen LogP contribution in [0.25, 0.3) is 0 Å². The second-order valence-corrected chi connectivity index (χ2v) is 5.55. The molecule has 21 heavy (non-hydrogen) atoms. The molecule has 1 amide bonds. The Balaban J connectivity index is 1.87. The van der Waals surface area contributed by atoms with Gasteiger partial charge in [0.2, 0.25) is 5.91 Å². The molecule has 0 aliphatic carbocycles. The van der Waals surface area contributed by atoms with Gasteiger partial charge in [-0.3, -0.25) is 4.79 Å². The van der Waals surface area contributed by atoms with Gasteiger partial charge in [-0.1, -0.05) is 0 Å². The molecule has 2 rings (SSSR count). The Kier molecular flexibility index (Phi) is 5.33. The predicted molar refractivity (Wildman–Crippen MR) is 81.4 cm³/mol.